The smallest absolute Gasteiger partial charge is 0.306 e. The average Bonchev–Trinajstić information content (AvgIpc) is 3.40. The minimum Gasteiger partial charge on any atom is -0.462 e. The van der Waals surface area contributed by atoms with Crippen LogP contribution in [0.3, 0.4) is 0 Å². The Morgan fingerprint density at radius 2 is 2.00 bits per heavy atom. The number of fused-ring (bicyclic) bond motifs is 7. The fraction of sp³-hybridized carbons (Fsp3) is 0.793. The Balaban J connectivity index is 1.23. The number of carbonyl (C=O) groups excluding carboxylic acids is 1. The number of hydrazine groups is 1. The molecule has 2 heterocycles. The second-order valence-corrected chi connectivity index (χ2v) is 13.5. The van der Waals surface area contributed by atoms with Gasteiger partial charge in [-0.3, -0.25) is 10.2 Å². The van der Waals surface area contributed by atoms with Crippen molar-refractivity contribution in [1.82, 2.24) is 9.99 Å². The molecule has 3 fully saturated rings. The molecule has 1 aliphatic heterocycles. The number of aromatic nitrogens is 1. The maximum absolute atomic E-state index is 12.3. The minimum absolute atomic E-state index is 0.0123. The Morgan fingerprint density at radius 3 is 2.80 bits per heavy atom. The summed E-state index contributed by atoms with van der Waals surface area (Å²) in [7, 11) is 0. The lowest BCUT2D eigenvalue weighted by atomic mass is 9.48. The molecule has 1 saturated heterocycles. The number of rotatable bonds is 5. The number of hydrogen-bond donors (Lipinski definition) is 1. The topological polar surface area (TPSA) is 54.5 Å². The van der Waals surface area contributed by atoms with Gasteiger partial charge in [-0.15, -0.1) is 0 Å². The van der Waals surface area contributed by atoms with Crippen molar-refractivity contribution < 1.29 is 9.53 Å². The highest BCUT2D eigenvalue weighted by atomic mass is 32.1. The van der Waals surface area contributed by atoms with E-state index in [-0.39, 0.29) is 22.9 Å². The van der Waals surface area contributed by atoms with E-state index in [1.807, 2.05) is 11.3 Å². The molecular weight excluding hydrogens is 454 g/mol. The number of aryl methyl sites for hydroxylation is 1. The van der Waals surface area contributed by atoms with Crippen molar-refractivity contribution in [2.45, 2.75) is 104 Å². The standard InChI is InChI=1S/C29H43N3O2S/c1-4-8-25(33)34-24-12-11-20-19-9-10-22-26-23(30-27(35-26)31-32-17-6-5-7-18-32)14-16-28(22,2)21(19)13-15-29(20,24)3/h10,19-21,24H,4-9,11-18H2,1-3H3,(H,30,31)/t19-,20-,21-,24-,28+,29-/m0/s1. The minimum atomic E-state index is 0.0123. The van der Waals surface area contributed by atoms with E-state index in [1.54, 1.807) is 5.57 Å². The zero-order valence-electron chi connectivity index (χ0n) is 21.9. The summed E-state index contributed by atoms with van der Waals surface area (Å²) in [6, 6.07) is 0. The van der Waals surface area contributed by atoms with Crippen molar-refractivity contribution in [3.8, 4) is 0 Å². The van der Waals surface area contributed by atoms with Gasteiger partial charge in [0, 0.05) is 24.9 Å². The molecule has 0 bridgehead atoms. The van der Waals surface area contributed by atoms with Crippen LogP contribution < -0.4 is 5.43 Å². The largest absolute Gasteiger partial charge is 0.462 e. The van der Waals surface area contributed by atoms with E-state index >= 15 is 0 Å². The van der Waals surface area contributed by atoms with Crippen LogP contribution in [0.2, 0.25) is 0 Å². The zero-order valence-corrected chi connectivity index (χ0v) is 22.7. The van der Waals surface area contributed by atoms with Gasteiger partial charge >= 0.3 is 5.97 Å². The highest BCUT2D eigenvalue weighted by Gasteiger charge is 2.60. The fourth-order valence-electron chi connectivity index (χ4n) is 8.63. The summed E-state index contributed by atoms with van der Waals surface area (Å²) in [5, 5.41) is 3.46. The van der Waals surface area contributed by atoms with Crippen LogP contribution >= 0.6 is 11.3 Å². The number of ether oxygens (including phenoxy) is 1. The van der Waals surface area contributed by atoms with Crippen molar-refractivity contribution in [3.05, 3.63) is 16.6 Å². The predicted octanol–water partition coefficient (Wildman–Crippen LogP) is 6.85. The van der Waals surface area contributed by atoms with Gasteiger partial charge in [0.25, 0.3) is 0 Å². The Hall–Kier alpha value is -1.40. The first-order chi connectivity index (χ1) is 16.9. The van der Waals surface area contributed by atoms with Crippen LogP contribution in [-0.2, 0) is 16.0 Å². The van der Waals surface area contributed by atoms with Crippen LogP contribution in [0, 0.1) is 28.6 Å². The summed E-state index contributed by atoms with van der Waals surface area (Å²) in [5.74, 6) is 2.14. The molecule has 192 valence electrons. The third-order valence-electron chi connectivity index (χ3n) is 10.5. The van der Waals surface area contributed by atoms with E-state index in [9.17, 15) is 4.79 Å². The highest BCUT2D eigenvalue weighted by molar-refractivity contribution is 7.16. The Bertz CT molecular complexity index is 998. The van der Waals surface area contributed by atoms with Gasteiger partial charge in [0.05, 0.1) is 10.6 Å². The van der Waals surface area contributed by atoms with Gasteiger partial charge in [-0.2, -0.15) is 0 Å². The molecule has 6 atom stereocenters. The van der Waals surface area contributed by atoms with E-state index in [0.29, 0.717) is 12.3 Å². The van der Waals surface area contributed by atoms with Crippen LogP contribution in [0.4, 0.5) is 5.13 Å². The molecule has 1 aromatic rings. The molecule has 0 radical (unpaired) electrons. The van der Waals surface area contributed by atoms with Gasteiger partial charge in [-0.1, -0.05) is 44.6 Å². The van der Waals surface area contributed by atoms with Gasteiger partial charge < -0.3 is 4.74 Å². The Kier molecular flexibility index (Phi) is 6.28. The lowest BCUT2D eigenvalue weighted by molar-refractivity contribution is -0.159. The second kappa shape index (κ2) is 9.16. The normalized spacial score (nSPS) is 38.5. The molecular formula is C29H43N3O2S. The Labute approximate surface area is 215 Å². The summed E-state index contributed by atoms with van der Waals surface area (Å²) in [6.07, 6.45) is 16.3. The quantitative estimate of drug-likeness (QED) is 0.451. The first-order valence-corrected chi connectivity index (χ1v) is 15.2. The molecule has 4 aliphatic carbocycles. The SMILES string of the molecule is CCCC(=O)O[C@H]1CC[C@H]2[C@@H]3CC=C4c5sc(NN6CCCCC6)nc5CC[C@]4(C)[C@H]3CC[C@]12C. The lowest BCUT2D eigenvalue weighted by Crippen LogP contribution is -2.50. The molecule has 1 N–H and O–H groups in total. The zero-order chi connectivity index (χ0) is 24.2. The predicted molar refractivity (Wildman–Crippen MR) is 142 cm³/mol. The fourth-order valence-corrected chi connectivity index (χ4v) is 9.85. The molecule has 0 spiro atoms. The number of carbonyl (C=O) groups is 1. The molecule has 2 saturated carbocycles. The average molecular weight is 498 g/mol. The summed E-state index contributed by atoms with van der Waals surface area (Å²) >= 11 is 1.89. The maximum Gasteiger partial charge on any atom is 0.306 e. The molecule has 35 heavy (non-hydrogen) atoms. The molecule has 0 aromatic carbocycles. The van der Waals surface area contributed by atoms with Crippen molar-refractivity contribution in [2.24, 2.45) is 28.6 Å². The number of nitrogens with one attached hydrogen (secondary N) is 1. The number of anilines is 1. The Morgan fingerprint density at radius 1 is 1.17 bits per heavy atom. The van der Waals surface area contributed by atoms with E-state index in [4.69, 9.17) is 9.72 Å². The molecule has 6 rings (SSSR count). The number of thiazole rings is 1. The third kappa shape index (κ3) is 3.98. The molecule has 1 aromatic heterocycles. The summed E-state index contributed by atoms with van der Waals surface area (Å²) in [4.78, 5) is 18.9. The maximum atomic E-state index is 12.3. The number of allylic oxidation sites excluding steroid dienone is 2. The third-order valence-corrected chi connectivity index (χ3v) is 11.6. The van der Waals surface area contributed by atoms with E-state index in [1.165, 1.54) is 61.9 Å². The van der Waals surface area contributed by atoms with Crippen LogP contribution in [-0.4, -0.2) is 35.2 Å². The monoisotopic (exact) mass is 497 g/mol. The molecule has 6 heteroatoms. The number of hydrogen-bond acceptors (Lipinski definition) is 6. The molecule has 5 aliphatic rings. The summed E-state index contributed by atoms with van der Waals surface area (Å²) in [5.41, 5.74) is 6.96. The van der Waals surface area contributed by atoms with Gasteiger partial charge in [0.15, 0.2) is 5.13 Å². The second-order valence-electron chi connectivity index (χ2n) is 12.5. The highest BCUT2D eigenvalue weighted by Crippen LogP contribution is 2.66. The van der Waals surface area contributed by atoms with E-state index in [0.717, 1.165) is 49.3 Å². The van der Waals surface area contributed by atoms with E-state index < -0.39 is 0 Å². The van der Waals surface area contributed by atoms with E-state index in [2.05, 4.69) is 37.3 Å². The van der Waals surface area contributed by atoms with Crippen molar-refractivity contribution in [3.63, 3.8) is 0 Å². The lowest BCUT2D eigenvalue weighted by Gasteiger charge is -2.56. The summed E-state index contributed by atoms with van der Waals surface area (Å²) < 4.78 is 6.08. The number of esters is 1. The summed E-state index contributed by atoms with van der Waals surface area (Å²) in [6.45, 7) is 9.32. The molecule has 0 unspecified atom stereocenters. The molecule has 5 nitrogen and oxygen atoms in total. The number of piperidine rings is 1. The van der Waals surface area contributed by atoms with Gasteiger partial charge in [-0.25, -0.2) is 9.99 Å². The van der Waals surface area contributed by atoms with Gasteiger partial charge in [-0.05, 0) is 93.0 Å². The van der Waals surface area contributed by atoms with Gasteiger partial charge in [0.1, 0.15) is 6.10 Å². The van der Waals surface area contributed by atoms with Crippen molar-refractivity contribution in [2.75, 3.05) is 18.5 Å². The van der Waals surface area contributed by atoms with Crippen LogP contribution in [0.5, 0.6) is 0 Å². The van der Waals surface area contributed by atoms with Crippen LogP contribution in [0.15, 0.2) is 6.08 Å². The molecule has 0 amide bonds. The first-order valence-electron chi connectivity index (χ1n) is 14.3. The van der Waals surface area contributed by atoms with Crippen LogP contribution in [0.1, 0.15) is 102 Å². The van der Waals surface area contributed by atoms with Crippen LogP contribution in [0.25, 0.3) is 5.57 Å². The first kappa shape index (κ1) is 24.0. The van der Waals surface area contributed by atoms with Gasteiger partial charge in [0.2, 0.25) is 0 Å². The number of nitrogens with zero attached hydrogens (tertiary/aromatic N) is 2. The van der Waals surface area contributed by atoms with Crippen molar-refractivity contribution >= 4 is 28.0 Å². The van der Waals surface area contributed by atoms with Crippen molar-refractivity contribution in [1.29, 1.82) is 0 Å².